The number of sulfonamides is 1. The Morgan fingerprint density at radius 1 is 1.16 bits per heavy atom. The van der Waals surface area contributed by atoms with Crippen LogP contribution in [0.4, 0.5) is 4.39 Å². The third-order valence-corrected chi connectivity index (χ3v) is 8.99. The van der Waals surface area contributed by atoms with E-state index in [1.165, 1.54) is 18.2 Å². The molecule has 31 heavy (non-hydrogen) atoms. The van der Waals surface area contributed by atoms with Gasteiger partial charge >= 0.3 is 5.97 Å². The van der Waals surface area contributed by atoms with Gasteiger partial charge in [-0.05, 0) is 35.7 Å². The van der Waals surface area contributed by atoms with E-state index in [1.54, 1.807) is 43.3 Å². The lowest BCUT2D eigenvalue weighted by Crippen LogP contribution is -2.47. The molecule has 3 N–H and O–H groups in total. The van der Waals surface area contributed by atoms with Gasteiger partial charge in [0, 0.05) is 15.9 Å². The van der Waals surface area contributed by atoms with E-state index >= 15 is 0 Å². The summed E-state index contributed by atoms with van der Waals surface area (Å²) in [6.45, 7) is 1.29. The molecular weight excluding hydrogens is 441 g/mol. The molecule has 0 saturated heterocycles. The molecule has 4 rings (SSSR count). The second-order valence-corrected chi connectivity index (χ2v) is 10.8. The molecule has 3 aromatic rings. The molecule has 1 fully saturated rings. The fraction of sp³-hybridized carbons (Fsp3) is 0.227. The number of halogens is 1. The third-order valence-electron chi connectivity index (χ3n) is 5.87. The number of aliphatic hydroxyl groups excluding tert-OH is 1. The van der Waals surface area contributed by atoms with E-state index in [9.17, 15) is 22.7 Å². The number of hydrogen-bond acceptors (Lipinski definition) is 5. The lowest BCUT2D eigenvalue weighted by Gasteiger charge is -2.20. The summed E-state index contributed by atoms with van der Waals surface area (Å²) >= 11 is 0.919. The van der Waals surface area contributed by atoms with Crippen molar-refractivity contribution in [3.8, 4) is 10.4 Å². The lowest BCUT2D eigenvalue weighted by molar-refractivity contribution is -0.140. The number of aliphatic carboxylic acids is 1. The lowest BCUT2D eigenvalue weighted by atomic mass is 9.93. The first-order valence-electron chi connectivity index (χ1n) is 9.45. The van der Waals surface area contributed by atoms with Crippen molar-refractivity contribution in [2.45, 2.75) is 35.1 Å². The average molecular weight is 462 g/mol. The summed E-state index contributed by atoms with van der Waals surface area (Å²) in [5.41, 5.74) is -1.17. The van der Waals surface area contributed by atoms with Crippen LogP contribution < -0.4 is 4.72 Å². The first-order valence-corrected chi connectivity index (χ1v) is 11.8. The number of carbonyl (C=O) groups is 1. The maximum Gasteiger partial charge on any atom is 0.325 e. The highest BCUT2D eigenvalue weighted by atomic mass is 32.2. The number of nitrogens with one attached hydrogen (secondary N) is 1. The standard InChI is InChI=1S/C22H20FNO5S2/c1-21(16-5-3-2-4-6-16)13-22(21,20(26)27)24-31(28,29)19-10-9-18(30-19)14-7-8-15(12-25)17(23)11-14/h2-11,24-25H,12-13H2,1H3,(H,26,27)/t21-,22-/m1/s1. The summed E-state index contributed by atoms with van der Waals surface area (Å²) in [5.74, 6) is -1.82. The summed E-state index contributed by atoms with van der Waals surface area (Å²) in [6, 6.07) is 16.1. The topological polar surface area (TPSA) is 104 Å². The zero-order chi connectivity index (χ0) is 22.4. The van der Waals surface area contributed by atoms with Crippen LogP contribution in [0.2, 0.25) is 0 Å². The van der Waals surface area contributed by atoms with Crippen molar-refractivity contribution in [3.05, 3.63) is 77.6 Å². The Morgan fingerprint density at radius 3 is 2.48 bits per heavy atom. The summed E-state index contributed by atoms with van der Waals surface area (Å²) in [6.07, 6.45) is 0.130. The van der Waals surface area contributed by atoms with Crippen molar-refractivity contribution >= 4 is 27.3 Å². The molecule has 0 aliphatic heterocycles. The molecule has 1 aliphatic carbocycles. The van der Waals surface area contributed by atoms with Gasteiger partial charge in [-0.2, -0.15) is 4.72 Å². The average Bonchev–Trinajstić information content (AvgIpc) is 3.11. The van der Waals surface area contributed by atoms with Crippen LogP contribution >= 0.6 is 11.3 Å². The molecule has 2 aromatic carbocycles. The number of carboxylic acids is 1. The van der Waals surface area contributed by atoms with Gasteiger partial charge < -0.3 is 10.2 Å². The Hall–Kier alpha value is -2.59. The van der Waals surface area contributed by atoms with Gasteiger partial charge in [0.25, 0.3) is 10.0 Å². The van der Waals surface area contributed by atoms with Gasteiger partial charge in [-0.1, -0.05) is 49.4 Å². The van der Waals surface area contributed by atoms with Crippen molar-refractivity contribution in [1.82, 2.24) is 4.72 Å². The SMILES string of the molecule is C[C@]1(c2ccccc2)C[C@@]1(NS(=O)(=O)c1ccc(-c2ccc(CO)c(F)c2)s1)C(=O)O. The normalized spacial score (nSPS) is 22.9. The van der Waals surface area contributed by atoms with Crippen LogP contribution in [-0.4, -0.2) is 30.1 Å². The molecule has 0 spiro atoms. The van der Waals surface area contributed by atoms with Gasteiger partial charge in [0.1, 0.15) is 15.6 Å². The van der Waals surface area contributed by atoms with Gasteiger partial charge in [0.05, 0.1) is 6.61 Å². The number of benzene rings is 2. The number of aliphatic hydroxyl groups is 1. The smallest absolute Gasteiger partial charge is 0.325 e. The van der Waals surface area contributed by atoms with Crippen LogP contribution in [0, 0.1) is 5.82 Å². The van der Waals surface area contributed by atoms with E-state index in [0.717, 1.165) is 16.9 Å². The zero-order valence-corrected chi connectivity index (χ0v) is 18.1. The van der Waals surface area contributed by atoms with Crippen LogP contribution in [0.3, 0.4) is 0 Å². The number of rotatable bonds is 7. The molecular formula is C22H20FNO5S2. The number of thiophene rings is 1. The van der Waals surface area contributed by atoms with Crippen LogP contribution in [0.1, 0.15) is 24.5 Å². The minimum absolute atomic E-state index is 0.0583. The molecule has 6 nitrogen and oxygen atoms in total. The minimum atomic E-state index is -4.14. The highest BCUT2D eigenvalue weighted by molar-refractivity contribution is 7.91. The molecule has 0 amide bonds. The molecule has 0 bridgehead atoms. The largest absolute Gasteiger partial charge is 0.480 e. The van der Waals surface area contributed by atoms with E-state index < -0.39 is 39.4 Å². The monoisotopic (exact) mass is 461 g/mol. The van der Waals surface area contributed by atoms with Gasteiger partial charge in [-0.15, -0.1) is 11.3 Å². The Bertz CT molecular complexity index is 1260. The van der Waals surface area contributed by atoms with E-state index in [1.807, 2.05) is 6.07 Å². The van der Waals surface area contributed by atoms with Crippen molar-refractivity contribution in [3.63, 3.8) is 0 Å². The molecule has 2 atom stereocenters. The van der Waals surface area contributed by atoms with Crippen LogP contribution in [0.15, 0.2) is 64.9 Å². The van der Waals surface area contributed by atoms with Crippen LogP contribution in [-0.2, 0) is 26.8 Å². The van der Waals surface area contributed by atoms with E-state index in [2.05, 4.69) is 4.72 Å². The molecule has 9 heteroatoms. The number of carboxylic acid groups (broad SMARTS) is 1. The fourth-order valence-corrected chi connectivity index (χ4v) is 6.63. The summed E-state index contributed by atoms with van der Waals surface area (Å²) < 4.78 is 42.5. The third kappa shape index (κ3) is 3.57. The quantitative estimate of drug-likeness (QED) is 0.500. The maximum absolute atomic E-state index is 14.0. The van der Waals surface area contributed by atoms with Gasteiger partial charge in [0.15, 0.2) is 0 Å². The predicted molar refractivity (Wildman–Crippen MR) is 115 cm³/mol. The molecule has 0 unspecified atom stereocenters. The van der Waals surface area contributed by atoms with Gasteiger partial charge in [-0.3, -0.25) is 4.79 Å². The molecule has 1 heterocycles. The van der Waals surface area contributed by atoms with Crippen molar-refractivity contribution in [2.24, 2.45) is 0 Å². The van der Waals surface area contributed by atoms with Crippen molar-refractivity contribution in [1.29, 1.82) is 0 Å². The second kappa shape index (κ2) is 7.52. The summed E-state index contributed by atoms with van der Waals surface area (Å²) in [4.78, 5) is 12.6. The van der Waals surface area contributed by atoms with Crippen LogP contribution in [0.5, 0.6) is 0 Å². The van der Waals surface area contributed by atoms with E-state index in [4.69, 9.17) is 5.11 Å². The Labute approximate surface area is 183 Å². The molecule has 0 radical (unpaired) electrons. The first kappa shape index (κ1) is 21.6. The minimum Gasteiger partial charge on any atom is -0.480 e. The first-order chi connectivity index (χ1) is 14.6. The molecule has 1 saturated carbocycles. The Balaban J connectivity index is 1.64. The maximum atomic E-state index is 14.0. The van der Waals surface area contributed by atoms with Crippen molar-refractivity contribution < 1.29 is 27.8 Å². The Morgan fingerprint density at radius 2 is 1.87 bits per heavy atom. The summed E-state index contributed by atoms with van der Waals surface area (Å²) in [7, 11) is -4.14. The zero-order valence-electron chi connectivity index (χ0n) is 16.5. The van der Waals surface area contributed by atoms with Crippen LogP contribution in [0.25, 0.3) is 10.4 Å². The highest BCUT2D eigenvalue weighted by Crippen LogP contribution is 2.58. The number of hydrogen-bond donors (Lipinski definition) is 3. The second-order valence-electron chi connectivity index (χ2n) is 7.77. The van der Waals surface area contributed by atoms with Gasteiger partial charge in [0.2, 0.25) is 0 Å². The Kier molecular flexibility index (Phi) is 5.25. The van der Waals surface area contributed by atoms with E-state index in [0.29, 0.717) is 10.4 Å². The molecule has 1 aromatic heterocycles. The summed E-state index contributed by atoms with van der Waals surface area (Å²) in [5, 5.41) is 19.0. The highest BCUT2D eigenvalue weighted by Gasteiger charge is 2.72. The van der Waals surface area contributed by atoms with Gasteiger partial charge in [-0.25, -0.2) is 12.8 Å². The van der Waals surface area contributed by atoms with Crippen molar-refractivity contribution in [2.75, 3.05) is 0 Å². The molecule has 1 aliphatic rings. The van der Waals surface area contributed by atoms with E-state index in [-0.39, 0.29) is 16.2 Å². The predicted octanol–water partition coefficient (Wildman–Crippen LogP) is 3.51. The fourth-order valence-electron chi connectivity index (χ4n) is 3.87. The molecule has 162 valence electrons.